The number of hydrogen-bond acceptors (Lipinski definition) is 5. The van der Waals surface area contributed by atoms with Gasteiger partial charge in [-0.1, -0.05) is 12.1 Å². The number of nitrogens with one attached hydrogen (secondary N) is 1. The lowest BCUT2D eigenvalue weighted by Gasteiger charge is -2.39. The minimum absolute atomic E-state index is 0.172. The van der Waals surface area contributed by atoms with Crippen molar-refractivity contribution < 1.29 is 13.0 Å². The van der Waals surface area contributed by atoms with Crippen LogP contribution in [0.15, 0.2) is 23.1 Å². The van der Waals surface area contributed by atoms with Gasteiger partial charge < -0.3 is 4.90 Å². The van der Waals surface area contributed by atoms with E-state index >= 15 is 0 Å². The van der Waals surface area contributed by atoms with E-state index in [0.717, 1.165) is 18.5 Å². The minimum Gasteiger partial charge on any atom is -0.338 e. The van der Waals surface area contributed by atoms with Gasteiger partial charge in [0.2, 0.25) is 5.95 Å². The molecule has 5 rings (SSSR count). The molecule has 1 fully saturated rings. The van der Waals surface area contributed by atoms with E-state index in [2.05, 4.69) is 9.97 Å². The molecule has 3 heterocycles. The van der Waals surface area contributed by atoms with Crippen molar-refractivity contribution in [3.05, 3.63) is 35.0 Å². The van der Waals surface area contributed by atoms with Crippen LogP contribution >= 0.6 is 0 Å². The van der Waals surface area contributed by atoms with Gasteiger partial charge in [-0.2, -0.15) is 8.78 Å². The van der Waals surface area contributed by atoms with Gasteiger partial charge in [0.05, 0.1) is 20.3 Å². The third-order valence-electron chi connectivity index (χ3n) is 5.96. The molecule has 3 aliphatic rings. The zero-order chi connectivity index (χ0) is 19.0. The number of fused-ring (bicyclic) bond motifs is 2. The van der Waals surface area contributed by atoms with Crippen molar-refractivity contribution in [2.75, 3.05) is 17.2 Å². The highest BCUT2D eigenvalue weighted by molar-refractivity contribution is 7.92. The average Bonchev–Trinajstić information content (AvgIpc) is 3.09. The number of hydrogen-bond donors (Lipinski definition) is 1. The van der Waals surface area contributed by atoms with Crippen LogP contribution in [0.2, 0.25) is 0 Å². The summed E-state index contributed by atoms with van der Waals surface area (Å²) in [6.07, 6.45) is 1.57. The molecule has 8 heteroatoms. The molecule has 0 bridgehead atoms. The van der Waals surface area contributed by atoms with Gasteiger partial charge >= 0.3 is 0 Å². The number of alkyl halides is 2. The molecular weight excluding hydrogens is 370 g/mol. The van der Waals surface area contributed by atoms with E-state index in [4.69, 9.17) is 4.78 Å². The van der Waals surface area contributed by atoms with Gasteiger partial charge in [0.1, 0.15) is 5.69 Å². The zero-order valence-electron chi connectivity index (χ0n) is 15.0. The molecule has 1 aliphatic carbocycles. The second kappa shape index (κ2) is 5.47. The van der Waals surface area contributed by atoms with Gasteiger partial charge in [0.25, 0.3) is 5.92 Å². The van der Waals surface area contributed by atoms with Crippen LogP contribution in [0.5, 0.6) is 0 Å². The van der Waals surface area contributed by atoms with Crippen LogP contribution in [0.4, 0.5) is 14.7 Å². The van der Waals surface area contributed by atoms with Crippen molar-refractivity contribution in [1.29, 1.82) is 4.78 Å². The molecule has 1 N–H and O–H groups in total. The third kappa shape index (κ3) is 2.49. The van der Waals surface area contributed by atoms with Crippen LogP contribution in [0.25, 0.3) is 11.3 Å². The fraction of sp³-hybridized carbons (Fsp3) is 0.474. The molecule has 0 radical (unpaired) electrons. The smallest absolute Gasteiger partial charge is 0.290 e. The largest absolute Gasteiger partial charge is 0.338 e. The van der Waals surface area contributed by atoms with Crippen molar-refractivity contribution >= 4 is 15.7 Å². The predicted octanol–water partition coefficient (Wildman–Crippen LogP) is 3.74. The number of rotatable bonds is 2. The zero-order valence-corrected chi connectivity index (χ0v) is 15.8. The molecule has 0 amide bonds. The maximum absolute atomic E-state index is 14.5. The first-order valence-electron chi connectivity index (χ1n) is 9.22. The predicted molar refractivity (Wildman–Crippen MR) is 98.8 cm³/mol. The lowest BCUT2D eigenvalue weighted by atomic mass is 10.0. The fourth-order valence-corrected chi connectivity index (χ4v) is 5.81. The Labute approximate surface area is 156 Å². The minimum atomic E-state index is -2.95. The monoisotopic (exact) mass is 390 g/mol. The topological polar surface area (TPSA) is 69.9 Å². The molecule has 1 saturated heterocycles. The van der Waals surface area contributed by atoms with Gasteiger partial charge in [0.15, 0.2) is 0 Å². The first-order chi connectivity index (χ1) is 12.8. The molecule has 2 atom stereocenters. The van der Waals surface area contributed by atoms with Crippen molar-refractivity contribution in [3.8, 4) is 11.3 Å². The molecule has 0 spiro atoms. The maximum atomic E-state index is 14.5. The second-order valence-electron chi connectivity index (χ2n) is 7.69. The number of nitrogens with zero attached hydrogens (tertiary/aromatic N) is 3. The number of anilines is 1. The molecule has 27 heavy (non-hydrogen) atoms. The summed E-state index contributed by atoms with van der Waals surface area (Å²) in [5, 5.41) is 0. The maximum Gasteiger partial charge on any atom is 0.290 e. The van der Waals surface area contributed by atoms with E-state index in [1.54, 1.807) is 6.07 Å². The summed E-state index contributed by atoms with van der Waals surface area (Å²) in [7, 11) is -2.80. The van der Waals surface area contributed by atoms with Crippen LogP contribution in [0.3, 0.4) is 0 Å². The standard InChI is InChI=1S/C19H20F2N4OS/c1-11-5-8-25(11)18-23-16(14-4-7-19(20,21)17(14)24-18)13-3-2-12-6-9-27(22,26)15(12)10-13/h2-3,10-11,22H,4-9H2,1H3/t11-,27?/m0/s1. The highest BCUT2D eigenvalue weighted by Crippen LogP contribution is 2.45. The quantitative estimate of drug-likeness (QED) is 0.848. The van der Waals surface area contributed by atoms with Crippen molar-refractivity contribution in [3.63, 3.8) is 0 Å². The molecule has 1 unspecified atom stereocenters. The Morgan fingerprint density at radius 2 is 2.11 bits per heavy atom. The van der Waals surface area contributed by atoms with E-state index in [9.17, 15) is 13.0 Å². The first kappa shape index (κ1) is 17.0. The van der Waals surface area contributed by atoms with Gasteiger partial charge in [-0.05, 0) is 37.8 Å². The van der Waals surface area contributed by atoms with E-state index in [-0.39, 0.29) is 24.6 Å². The third-order valence-corrected chi connectivity index (χ3v) is 7.83. The van der Waals surface area contributed by atoms with Crippen LogP contribution in [-0.4, -0.2) is 32.5 Å². The molecule has 2 aromatic rings. The van der Waals surface area contributed by atoms with Crippen LogP contribution in [0, 0.1) is 4.78 Å². The summed E-state index contributed by atoms with van der Waals surface area (Å²) in [6.45, 7) is 2.79. The van der Waals surface area contributed by atoms with Gasteiger partial charge in [-0.15, -0.1) is 0 Å². The fourth-order valence-electron chi connectivity index (χ4n) is 4.17. The summed E-state index contributed by atoms with van der Waals surface area (Å²) in [5.74, 6) is -2.28. The van der Waals surface area contributed by atoms with Crippen LogP contribution in [0.1, 0.15) is 36.6 Å². The number of benzene rings is 1. The van der Waals surface area contributed by atoms with Gasteiger partial charge in [0, 0.05) is 35.9 Å². The summed E-state index contributed by atoms with van der Waals surface area (Å²) < 4.78 is 49.5. The SMILES string of the molecule is C[C@H]1CCN1c1nc(-c2ccc3c(c2)S(=N)(=O)CC3)c2c(n1)C(F)(F)CC2. The van der Waals surface area contributed by atoms with E-state index in [1.165, 1.54) is 0 Å². The Hall–Kier alpha value is -2.09. The normalized spacial score (nSPS) is 28.0. The molecule has 142 valence electrons. The summed E-state index contributed by atoms with van der Waals surface area (Å²) >= 11 is 0. The summed E-state index contributed by atoms with van der Waals surface area (Å²) in [4.78, 5) is 11.4. The van der Waals surface area contributed by atoms with E-state index < -0.39 is 15.7 Å². The lowest BCUT2D eigenvalue weighted by Crippen LogP contribution is -2.47. The molecule has 2 aliphatic heterocycles. The molecule has 1 aromatic carbocycles. The Bertz CT molecular complexity index is 1070. The Morgan fingerprint density at radius 1 is 1.30 bits per heavy atom. The number of halogens is 2. The molecular formula is C19H20F2N4OS. The highest BCUT2D eigenvalue weighted by atomic mass is 32.2. The number of aromatic nitrogens is 2. The van der Waals surface area contributed by atoms with Crippen molar-refractivity contribution in [1.82, 2.24) is 9.97 Å². The number of aryl methyl sites for hydroxylation is 1. The molecule has 0 saturated carbocycles. The second-order valence-corrected chi connectivity index (χ2v) is 9.89. The van der Waals surface area contributed by atoms with Crippen LogP contribution < -0.4 is 4.90 Å². The molecule has 5 nitrogen and oxygen atoms in total. The summed E-state index contributed by atoms with van der Waals surface area (Å²) in [6, 6.07) is 5.67. The Kier molecular flexibility index (Phi) is 3.45. The van der Waals surface area contributed by atoms with Crippen LogP contribution in [-0.2, 0) is 28.5 Å². The molecule has 1 aromatic heterocycles. The summed E-state index contributed by atoms with van der Waals surface area (Å²) in [5.41, 5.74) is 2.36. The van der Waals surface area contributed by atoms with Gasteiger partial charge in [-0.25, -0.2) is 19.0 Å². The first-order valence-corrected chi connectivity index (χ1v) is 10.9. The van der Waals surface area contributed by atoms with Crippen molar-refractivity contribution in [2.45, 2.75) is 49.5 Å². The highest BCUT2D eigenvalue weighted by Gasteiger charge is 2.44. The van der Waals surface area contributed by atoms with E-state index in [1.807, 2.05) is 24.0 Å². The Morgan fingerprint density at radius 3 is 2.81 bits per heavy atom. The Balaban J connectivity index is 1.71. The van der Waals surface area contributed by atoms with Gasteiger partial charge in [-0.3, -0.25) is 0 Å². The average molecular weight is 390 g/mol. The van der Waals surface area contributed by atoms with Crippen molar-refractivity contribution in [2.24, 2.45) is 0 Å². The lowest BCUT2D eigenvalue weighted by molar-refractivity contribution is -0.00595. The van der Waals surface area contributed by atoms with E-state index in [0.29, 0.717) is 39.8 Å².